The van der Waals surface area contributed by atoms with Gasteiger partial charge in [0.05, 0.1) is 41.4 Å². The third kappa shape index (κ3) is 4.41. The molecule has 2 fully saturated rings. The molecular weight excluding hydrogens is 372 g/mol. The van der Waals surface area contributed by atoms with Crippen LogP contribution >= 0.6 is 0 Å². The van der Waals surface area contributed by atoms with Gasteiger partial charge in [0, 0.05) is 37.1 Å². The number of furan rings is 1. The molecule has 2 saturated heterocycles. The molecule has 2 aliphatic heterocycles. The second-order valence-electron chi connectivity index (χ2n) is 6.99. The monoisotopic (exact) mass is 398 g/mol. The Morgan fingerprint density at radius 1 is 1.37 bits per heavy atom. The van der Waals surface area contributed by atoms with Crippen LogP contribution in [0.4, 0.5) is 0 Å². The average molecular weight is 398 g/mol. The summed E-state index contributed by atoms with van der Waals surface area (Å²) in [5.41, 5.74) is 0.180. The summed E-state index contributed by atoms with van der Waals surface area (Å²) in [6.07, 6.45) is 2.77. The second kappa shape index (κ2) is 8.12. The largest absolute Gasteiger partial charge is 0.459 e. The first kappa shape index (κ1) is 20.0. The van der Waals surface area contributed by atoms with Crippen LogP contribution < -0.4 is 0 Å². The minimum absolute atomic E-state index is 0.188. The molecule has 2 aliphatic rings. The number of morpholine rings is 1. The van der Waals surface area contributed by atoms with Gasteiger partial charge in [0.1, 0.15) is 0 Å². The Morgan fingerprint density at radius 3 is 2.78 bits per heavy atom. The lowest BCUT2D eigenvalue weighted by Gasteiger charge is -2.45. The van der Waals surface area contributed by atoms with Gasteiger partial charge in [-0.15, -0.1) is 0 Å². The number of hydrogen-bond acceptors (Lipinski definition) is 6. The van der Waals surface area contributed by atoms with Crippen molar-refractivity contribution >= 4 is 21.5 Å². The maximum absolute atomic E-state index is 12.9. The minimum Gasteiger partial charge on any atom is -0.459 e. The van der Waals surface area contributed by atoms with Crippen molar-refractivity contribution in [1.29, 1.82) is 0 Å². The zero-order chi connectivity index (χ0) is 19.5. The Hall–Kier alpha value is -1.71. The molecule has 0 N–H and O–H groups in total. The lowest BCUT2D eigenvalue weighted by Crippen LogP contribution is -2.56. The van der Waals surface area contributed by atoms with Gasteiger partial charge < -0.3 is 18.8 Å². The van der Waals surface area contributed by atoms with Gasteiger partial charge in [-0.3, -0.25) is 9.59 Å². The topological polar surface area (TPSA) is 98.4 Å². The smallest absolute Gasteiger partial charge is 0.290 e. The third-order valence-corrected chi connectivity index (χ3v) is 7.32. The number of carbonyl (C=O) groups excluding carboxylic acids is 2. The summed E-state index contributed by atoms with van der Waals surface area (Å²) in [6.45, 7) is 3.32. The fourth-order valence-electron chi connectivity index (χ4n) is 3.52. The van der Waals surface area contributed by atoms with Crippen molar-refractivity contribution in [2.45, 2.75) is 38.4 Å². The predicted octanol–water partition coefficient (Wildman–Crippen LogP) is 1.84. The molecule has 0 aliphatic carbocycles. The second-order valence-corrected chi connectivity index (χ2v) is 9.53. The Bertz CT molecular complexity index is 810. The summed E-state index contributed by atoms with van der Waals surface area (Å²) in [5, 5.41) is 0. The average Bonchev–Trinajstić information content (AvgIpc) is 3.13. The molecule has 2 amide bonds. The summed E-state index contributed by atoms with van der Waals surface area (Å²) in [5.74, 6) is 0.414. The minimum atomic E-state index is -2.51. The molecular formula is C18H26N2O6S. The number of methoxy groups -OCH3 is 1. The first-order chi connectivity index (χ1) is 12.9. The zero-order valence-corrected chi connectivity index (χ0v) is 16.6. The van der Waals surface area contributed by atoms with Crippen LogP contribution in [-0.4, -0.2) is 64.8 Å². The highest BCUT2D eigenvalue weighted by molar-refractivity contribution is 7.93. The van der Waals surface area contributed by atoms with Crippen LogP contribution in [0.15, 0.2) is 21.1 Å². The van der Waals surface area contributed by atoms with Gasteiger partial charge in [-0.1, -0.05) is 6.92 Å². The number of ether oxygens (including phenoxy) is 2. The van der Waals surface area contributed by atoms with Crippen molar-refractivity contribution in [3.05, 3.63) is 23.7 Å². The van der Waals surface area contributed by atoms with Gasteiger partial charge >= 0.3 is 0 Å². The predicted molar refractivity (Wildman–Crippen MR) is 98.8 cm³/mol. The summed E-state index contributed by atoms with van der Waals surface area (Å²) >= 11 is 0. The summed E-state index contributed by atoms with van der Waals surface area (Å²) < 4.78 is 33.2. The van der Waals surface area contributed by atoms with Gasteiger partial charge in [-0.05, 0) is 18.9 Å². The molecule has 3 rings (SSSR count). The number of nitrogens with zero attached hydrogens (tertiary/aromatic N) is 2. The van der Waals surface area contributed by atoms with E-state index in [2.05, 4.69) is 4.36 Å². The Labute approximate surface area is 159 Å². The van der Waals surface area contributed by atoms with Crippen molar-refractivity contribution in [3.63, 3.8) is 0 Å². The molecule has 0 bridgehead atoms. The fourth-order valence-corrected chi connectivity index (χ4v) is 5.79. The van der Waals surface area contributed by atoms with E-state index in [4.69, 9.17) is 13.9 Å². The number of rotatable bonds is 4. The van der Waals surface area contributed by atoms with E-state index in [0.29, 0.717) is 56.2 Å². The van der Waals surface area contributed by atoms with Crippen LogP contribution in [0.25, 0.3) is 0 Å². The van der Waals surface area contributed by atoms with Crippen LogP contribution in [0.5, 0.6) is 0 Å². The molecule has 0 saturated carbocycles. The van der Waals surface area contributed by atoms with Crippen molar-refractivity contribution in [2.75, 3.05) is 38.3 Å². The van der Waals surface area contributed by atoms with Crippen molar-refractivity contribution in [2.24, 2.45) is 4.36 Å². The van der Waals surface area contributed by atoms with E-state index in [1.165, 1.54) is 6.26 Å². The van der Waals surface area contributed by atoms with Crippen LogP contribution in [0.1, 0.15) is 42.3 Å². The molecule has 27 heavy (non-hydrogen) atoms. The van der Waals surface area contributed by atoms with Gasteiger partial charge in [0.15, 0.2) is 5.76 Å². The molecule has 0 atom stereocenters. The van der Waals surface area contributed by atoms with Crippen LogP contribution in [0.2, 0.25) is 0 Å². The molecule has 0 aromatic carbocycles. The first-order valence-electron chi connectivity index (χ1n) is 9.14. The van der Waals surface area contributed by atoms with Crippen molar-refractivity contribution < 1.29 is 27.7 Å². The maximum Gasteiger partial charge on any atom is 0.290 e. The highest BCUT2D eigenvalue weighted by Crippen LogP contribution is 2.33. The third-order valence-electron chi connectivity index (χ3n) is 5.10. The molecule has 0 unspecified atom stereocenters. The van der Waals surface area contributed by atoms with E-state index < -0.39 is 15.3 Å². The standard InChI is InChI=1S/C18H26N2O6S/c1-3-15(21)19-27(23)10-5-18(6-11-27)13-20(7-9-26-18)17(22)16-14(12-24-2)4-8-25-16/h4,8H,3,5-7,9-13H2,1-2H3. The normalized spacial score (nSPS) is 28.3. The van der Waals surface area contributed by atoms with E-state index in [1.807, 2.05) is 0 Å². The van der Waals surface area contributed by atoms with Crippen molar-refractivity contribution in [1.82, 2.24) is 4.90 Å². The number of hydrogen-bond donors (Lipinski definition) is 0. The molecule has 1 spiro atoms. The molecule has 9 heteroatoms. The quantitative estimate of drug-likeness (QED) is 0.767. The van der Waals surface area contributed by atoms with Crippen LogP contribution in [0.3, 0.4) is 0 Å². The maximum atomic E-state index is 12.9. The zero-order valence-electron chi connectivity index (χ0n) is 15.8. The van der Waals surface area contributed by atoms with E-state index >= 15 is 0 Å². The van der Waals surface area contributed by atoms with Gasteiger partial charge in [-0.2, -0.15) is 4.36 Å². The van der Waals surface area contributed by atoms with Crippen LogP contribution in [0, 0.1) is 0 Å². The Morgan fingerprint density at radius 2 is 2.11 bits per heavy atom. The van der Waals surface area contributed by atoms with E-state index in [9.17, 15) is 13.8 Å². The highest BCUT2D eigenvalue weighted by atomic mass is 32.2. The van der Waals surface area contributed by atoms with E-state index in [-0.39, 0.29) is 24.0 Å². The van der Waals surface area contributed by atoms with E-state index in [1.54, 1.807) is 25.0 Å². The SMILES string of the molecule is CCC(=O)N=S1(=O)CCC2(CC1)CN(C(=O)c1occc1COC)CCO2. The van der Waals surface area contributed by atoms with Gasteiger partial charge in [0.2, 0.25) is 0 Å². The molecule has 8 nitrogen and oxygen atoms in total. The molecule has 3 heterocycles. The highest BCUT2D eigenvalue weighted by Gasteiger charge is 2.43. The van der Waals surface area contributed by atoms with E-state index in [0.717, 1.165) is 0 Å². The van der Waals surface area contributed by atoms with Crippen molar-refractivity contribution in [3.8, 4) is 0 Å². The fraction of sp³-hybridized carbons (Fsp3) is 0.667. The summed E-state index contributed by atoms with van der Waals surface area (Å²) in [6, 6.07) is 1.73. The number of amides is 2. The Kier molecular flexibility index (Phi) is 6.02. The first-order valence-corrected chi connectivity index (χ1v) is 11.0. The van der Waals surface area contributed by atoms with Crippen LogP contribution in [-0.2, 0) is 30.6 Å². The van der Waals surface area contributed by atoms with Gasteiger partial charge in [-0.25, -0.2) is 4.21 Å². The summed E-state index contributed by atoms with van der Waals surface area (Å²) in [4.78, 5) is 26.2. The molecule has 150 valence electrons. The lowest BCUT2D eigenvalue weighted by atomic mass is 9.94. The number of carbonyl (C=O) groups is 2. The molecule has 0 radical (unpaired) electrons. The lowest BCUT2D eigenvalue weighted by molar-refractivity contribution is -0.117. The molecule has 1 aromatic rings. The Balaban J connectivity index is 1.71. The summed E-state index contributed by atoms with van der Waals surface area (Å²) in [7, 11) is -0.947. The molecule has 1 aromatic heterocycles. The van der Waals surface area contributed by atoms with Gasteiger partial charge in [0.25, 0.3) is 11.8 Å².